The molecule has 1 unspecified atom stereocenters. The lowest BCUT2D eigenvalue weighted by Gasteiger charge is -2.12. The monoisotopic (exact) mass is 243 g/mol. The topological polar surface area (TPSA) is 75.1 Å². The number of carboxylic acid groups (broad SMARTS) is 1. The molecule has 6 heteroatoms. The van der Waals surface area contributed by atoms with Crippen molar-refractivity contribution >= 4 is 23.4 Å². The predicted molar refractivity (Wildman–Crippen MR) is 61.6 cm³/mol. The van der Waals surface area contributed by atoms with Gasteiger partial charge in [0.05, 0.1) is 0 Å². The molecule has 1 heterocycles. The maximum Gasteiger partial charge on any atom is 0.303 e. The molecular formula is C10H14ClN3O2. The lowest BCUT2D eigenvalue weighted by atomic mass is 10.1. The van der Waals surface area contributed by atoms with Gasteiger partial charge in [-0.25, -0.2) is 0 Å². The molecule has 0 aliphatic heterocycles. The van der Waals surface area contributed by atoms with Crippen molar-refractivity contribution in [2.24, 2.45) is 0 Å². The second-order valence-electron chi connectivity index (χ2n) is 3.57. The van der Waals surface area contributed by atoms with Gasteiger partial charge < -0.3 is 10.4 Å². The molecule has 0 bridgehead atoms. The number of carboxylic acids is 1. The molecule has 5 nitrogen and oxygen atoms in total. The van der Waals surface area contributed by atoms with E-state index in [1.54, 1.807) is 12.1 Å². The van der Waals surface area contributed by atoms with Gasteiger partial charge in [-0.3, -0.25) is 4.79 Å². The van der Waals surface area contributed by atoms with Crippen molar-refractivity contribution in [1.29, 1.82) is 0 Å². The number of carbonyl (C=O) groups is 1. The third-order valence-corrected chi connectivity index (χ3v) is 2.26. The van der Waals surface area contributed by atoms with Crippen LogP contribution in [0.3, 0.4) is 0 Å². The fraction of sp³-hybridized carbons (Fsp3) is 0.500. The highest BCUT2D eigenvalue weighted by Gasteiger charge is 2.05. The van der Waals surface area contributed by atoms with E-state index >= 15 is 0 Å². The van der Waals surface area contributed by atoms with Gasteiger partial charge in [0.1, 0.15) is 5.82 Å². The highest BCUT2D eigenvalue weighted by atomic mass is 35.5. The Morgan fingerprint density at radius 2 is 2.31 bits per heavy atom. The minimum absolute atomic E-state index is 0.162. The lowest BCUT2D eigenvalue weighted by molar-refractivity contribution is -0.137. The highest BCUT2D eigenvalue weighted by molar-refractivity contribution is 6.29. The number of hydrogen-bond donors (Lipinski definition) is 2. The summed E-state index contributed by atoms with van der Waals surface area (Å²) in [5.74, 6) is -0.120. The first-order valence-corrected chi connectivity index (χ1v) is 5.43. The summed E-state index contributed by atoms with van der Waals surface area (Å²) in [5, 5.41) is 19.5. The largest absolute Gasteiger partial charge is 0.481 e. The van der Waals surface area contributed by atoms with Crippen LogP contribution in [0.15, 0.2) is 12.1 Å². The van der Waals surface area contributed by atoms with Crippen LogP contribution in [-0.2, 0) is 4.79 Å². The van der Waals surface area contributed by atoms with Gasteiger partial charge in [-0.05, 0) is 31.9 Å². The van der Waals surface area contributed by atoms with Crippen molar-refractivity contribution in [2.75, 3.05) is 5.32 Å². The van der Waals surface area contributed by atoms with Crippen LogP contribution in [-0.4, -0.2) is 27.3 Å². The van der Waals surface area contributed by atoms with Gasteiger partial charge in [0, 0.05) is 12.5 Å². The first-order chi connectivity index (χ1) is 7.58. The van der Waals surface area contributed by atoms with Gasteiger partial charge in [0.25, 0.3) is 0 Å². The molecule has 88 valence electrons. The molecule has 0 saturated heterocycles. The van der Waals surface area contributed by atoms with E-state index in [1.807, 2.05) is 6.92 Å². The number of aromatic nitrogens is 2. The molecule has 0 spiro atoms. The van der Waals surface area contributed by atoms with Crippen LogP contribution in [0.4, 0.5) is 5.82 Å². The molecule has 1 aromatic rings. The Labute approximate surface area is 98.8 Å². The minimum Gasteiger partial charge on any atom is -0.481 e. The normalized spacial score (nSPS) is 12.1. The molecule has 0 aromatic carbocycles. The van der Waals surface area contributed by atoms with Gasteiger partial charge >= 0.3 is 5.97 Å². The number of aliphatic carboxylic acids is 1. The third-order valence-electron chi connectivity index (χ3n) is 2.05. The van der Waals surface area contributed by atoms with E-state index in [4.69, 9.17) is 16.7 Å². The third kappa shape index (κ3) is 4.93. The van der Waals surface area contributed by atoms with E-state index in [0.717, 1.165) is 6.42 Å². The van der Waals surface area contributed by atoms with Crippen molar-refractivity contribution in [3.63, 3.8) is 0 Å². The Morgan fingerprint density at radius 1 is 1.56 bits per heavy atom. The average molecular weight is 244 g/mol. The Balaban J connectivity index is 2.31. The molecule has 16 heavy (non-hydrogen) atoms. The smallest absolute Gasteiger partial charge is 0.303 e. The fourth-order valence-corrected chi connectivity index (χ4v) is 1.38. The van der Waals surface area contributed by atoms with Crippen molar-refractivity contribution in [1.82, 2.24) is 10.2 Å². The maximum atomic E-state index is 10.3. The zero-order chi connectivity index (χ0) is 12.0. The lowest BCUT2D eigenvalue weighted by Crippen LogP contribution is -2.16. The van der Waals surface area contributed by atoms with Crippen LogP contribution >= 0.6 is 11.6 Å². The van der Waals surface area contributed by atoms with Crippen molar-refractivity contribution in [3.8, 4) is 0 Å². The number of halogens is 1. The Kier molecular flexibility index (Phi) is 4.98. The standard InChI is InChI=1S/C10H14ClN3O2/c1-7(3-2-4-10(15)16)12-9-6-5-8(11)13-14-9/h5-7H,2-4H2,1H3,(H,12,14)(H,15,16). The molecule has 0 amide bonds. The summed E-state index contributed by atoms with van der Waals surface area (Å²) in [4.78, 5) is 10.3. The van der Waals surface area contributed by atoms with Gasteiger partial charge in [-0.15, -0.1) is 10.2 Å². The summed E-state index contributed by atoms with van der Waals surface area (Å²) in [7, 11) is 0. The summed E-state index contributed by atoms with van der Waals surface area (Å²) in [6.07, 6.45) is 1.61. The quantitative estimate of drug-likeness (QED) is 0.801. The molecule has 0 saturated carbocycles. The minimum atomic E-state index is -0.765. The van der Waals surface area contributed by atoms with Gasteiger partial charge in [0.15, 0.2) is 5.15 Å². The number of rotatable bonds is 6. The molecular weight excluding hydrogens is 230 g/mol. The Morgan fingerprint density at radius 3 is 2.88 bits per heavy atom. The van der Waals surface area contributed by atoms with E-state index in [0.29, 0.717) is 17.4 Å². The summed E-state index contributed by atoms with van der Waals surface area (Å²) in [5.41, 5.74) is 0. The zero-order valence-electron chi connectivity index (χ0n) is 8.98. The molecule has 1 rings (SSSR count). The van der Waals surface area contributed by atoms with Crippen LogP contribution in [0.2, 0.25) is 5.15 Å². The first-order valence-electron chi connectivity index (χ1n) is 5.05. The van der Waals surface area contributed by atoms with Crippen molar-refractivity contribution in [3.05, 3.63) is 17.3 Å². The van der Waals surface area contributed by atoms with Gasteiger partial charge in [-0.1, -0.05) is 11.6 Å². The van der Waals surface area contributed by atoms with E-state index in [2.05, 4.69) is 15.5 Å². The highest BCUT2D eigenvalue weighted by Crippen LogP contribution is 2.10. The molecule has 0 aliphatic rings. The van der Waals surface area contributed by atoms with Crippen LogP contribution in [0, 0.1) is 0 Å². The Hall–Kier alpha value is -1.36. The summed E-state index contributed by atoms with van der Waals surface area (Å²) >= 11 is 5.60. The fourth-order valence-electron chi connectivity index (χ4n) is 1.28. The van der Waals surface area contributed by atoms with Crippen molar-refractivity contribution in [2.45, 2.75) is 32.2 Å². The molecule has 0 aliphatic carbocycles. The second kappa shape index (κ2) is 6.27. The predicted octanol–water partition coefficient (Wildman–Crippen LogP) is 2.19. The zero-order valence-corrected chi connectivity index (χ0v) is 9.74. The molecule has 1 atom stereocenters. The van der Waals surface area contributed by atoms with Crippen molar-refractivity contribution < 1.29 is 9.90 Å². The summed E-state index contributed by atoms with van der Waals surface area (Å²) in [6, 6.07) is 3.55. The van der Waals surface area contributed by atoms with E-state index < -0.39 is 5.97 Å². The van der Waals surface area contributed by atoms with E-state index in [9.17, 15) is 4.79 Å². The van der Waals surface area contributed by atoms with E-state index in [1.165, 1.54) is 0 Å². The molecule has 2 N–H and O–H groups in total. The number of hydrogen-bond acceptors (Lipinski definition) is 4. The SMILES string of the molecule is CC(CCCC(=O)O)Nc1ccc(Cl)nn1. The first kappa shape index (κ1) is 12.7. The maximum absolute atomic E-state index is 10.3. The number of nitrogens with zero attached hydrogens (tertiary/aromatic N) is 2. The number of nitrogens with one attached hydrogen (secondary N) is 1. The van der Waals surface area contributed by atoms with Gasteiger partial charge in [0.2, 0.25) is 0 Å². The second-order valence-corrected chi connectivity index (χ2v) is 3.96. The molecule has 0 radical (unpaired) electrons. The van der Waals surface area contributed by atoms with E-state index in [-0.39, 0.29) is 12.5 Å². The molecule has 0 fully saturated rings. The summed E-state index contributed by atoms with van der Waals surface area (Å²) < 4.78 is 0. The van der Waals surface area contributed by atoms with Gasteiger partial charge in [-0.2, -0.15) is 0 Å². The average Bonchev–Trinajstić information content (AvgIpc) is 2.21. The summed E-state index contributed by atoms with van der Waals surface area (Å²) in [6.45, 7) is 1.97. The van der Waals surface area contributed by atoms with Crippen LogP contribution in [0.25, 0.3) is 0 Å². The van der Waals surface area contributed by atoms with Crippen LogP contribution in [0.1, 0.15) is 26.2 Å². The van der Waals surface area contributed by atoms with Crippen LogP contribution in [0.5, 0.6) is 0 Å². The van der Waals surface area contributed by atoms with Crippen LogP contribution < -0.4 is 5.32 Å². The Bertz CT molecular complexity index is 342. The molecule has 1 aromatic heterocycles. The number of anilines is 1.